The lowest BCUT2D eigenvalue weighted by Crippen LogP contribution is -2.05. The molecule has 0 aromatic heterocycles. The fourth-order valence-corrected chi connectivity index (χ4v) is 1.87. The van der Waals surface area contributed by atoms with Crippen molar-refractivity contribution < 1.29 is 9.53 Å². The second-order valence-corrected chi connectivity index (χ2v) is 3.73. The molecule has 0 unspecified atom stereocenters. The summed E-state index contributed by atoms with van der Waals surface area (Å²) >= 11 is 6.04. The predicted molar refractivity (Wildman–Crippen MR) is 61.3 cm³/mol. The molecule has 0 radical (unpaired) electrons. The first-order valence-corrected chi connectivity index (χ1v) is 5.28. The van der Waals surface area contributed by atoms with Gasteiger partial charge in [-0.15, -0.1) is 0 Å². The van der Waals surface area contributed by atoms with Gasteiger partial charge in [-0.1, -0.05) is 18.5 Å². The van der Waals surface area contributed by atoms with Gasteiger partial charge in [-0.25, -0.2) is 0 Å². The molecule has 4 heteroatoms. The second kappa shape index (κ2) is 5.53. The molecular formula is C12H12ClNO2. The first-order valence-electron chi connectivity index (χ1n) is 4.90. The van der Waals surface area contributed by atoms with Crippen molar-refractivity contribution in [2.75, 3.05) is 7.11 Å². The SMILES string of the molecule is CCc1c(Cl)cc(CC(=O)OC)cc1C#N. The average Bonchev–Trinajstić information content (AvgIpc) is 2.28. The fraction of sp³-hybridized carbons (Fsp3) is 0.333. The summed E-state index contributed by atoms with van der Waals surface area (Å²) in [4.78, 5) is 11.1. The van der Waals surface area contributed by atoms with Gasteiger partial charge in [-0.2, -0.15) is 5.26 Å². The number of nitriles is 1. The van der Waals surface area contributed by atoms with E-state index in [1.54, 1.807) is 12.1 Å². The Morgan fingerprint density at radius 2 is 2.25 bits per heavy atom. The molecule has 0 aliphatic carbocycles. The highest BCUT2D eigenvalue weighted by molar-refractivity contribution is 6.31. The van der Waals surface area contributed by atoms with Crippen molar-refractivity contribution in [3.8, 4) is 6.07 Å². The van der Waals surface area contributed by atoms with Gasteiger partial charge in [0, 0.05) is 5.02 Å². The molecule has 1 aromatic rings. The summed E-state index contributed by atoms with van der Waals surface area (Å²) in [6, 6.07) is 5.47. The Hall–Kier alpha value is -1.53. The zero-order valence-electron chi connectivity index (χ0n) is 9.21. The minimum absolute atomic E-state index is 0.134. The molecular weight excluding hydrogens is 226 g/mol. The first-order chi connectivity index (χ1) is 7.62. The fourth-order valence-electron chi connectivity index (χ4n) is 1.49. The van der Waals surface area contributed by atoms with Crippen molar-refractivity contribution >= 4 is 17.6 Å². The quantitative estimate of drug-likeness (QED) is 0.759. The smallest absolute Gasteiger partial charge is 0.309 e. The second-order valence-electron chi connectivity index (χ2n) is 3.32. The third-order valence-corrected chi connectivity index (χ3v) is 2.64. The largest absolute Gasteiger partial charge is 0.469 e. The zero-order valence-corrected chi connectivity index (χ0v) is 9.97. The number of hydrogen-bond acceptors (Lipinski definition) is 3. The number of hydrogen-bond donors (Lipinski definition) is 0. The number of carbonyl (C=O) groups is 1. The normalized spacial score (nSPS) is 9.62. The number of methoxy groups -OCH3 is 1. The molecule has 0 aliphatic rings. The van der Waals surface area contributed by atoms with E-state index in [2.05, 4.69) is 10.8 Å². The van der Waals surface area contributed by atoms with Crippen molar-refractivity contribution in [3.63, 3.8) is 0 Å². The molecule has 0 saturated heterocycles. The van der Waals surface area contributed by atoms with Crippen molar-refractivity contribution in [1.29, 1.82) is 5.26 Å². The summed E-state index contributed by atoms with van der Waals surface area (Å²) in [7, 11) is 1.33. The Kier molecular flexibility index (Phi) is 4.33. The molecule has 0 aliphatic heterocycles. The van der Waals surface area contributed by atoms with Crippen LogP contribution in [0.2, 0.25) is 5.02 Å². The number of benzene rings is 1. The average molecular weight is 238 g/mol. The molecule has 0 fully saturated rings. The van der Waals surface area contributed by atoms with E-state index in [4.69, 9.17) is 16.9 Å². The highest BCUT2D eigenvalue weighted by Gasteiger charge is 2.10. The first kappa shape index (κ1) is 12.5. The van der Waals surface area contributed by atoms with Crippen LogP contribution in [0, 0.1) is 11.3 Å². The van der Waals surface area contributed by atoms with Crippen molar-refractivity contribution in [2.24, 2.45) is 0 Å². The summed E-state index contributed by atoms with van der Waals surface area (Å²) in [5.41, 5.74) is 2.04. The van der Waals surface area contributed by atoms with Gasteiger partial charge in [0.15, 0.2) is 0 Å². The van der Waals surface area contributed by atoms with Crippen LogP contribution < -0.4 is 0 Å². The Morgan fingerprint density at radius 3 is 2.75 bits per heavy atom. The van der Waals surface area contributed by atoms with Crippen LogP contribution in [0.4, 0.5) is 0 Å². The van der Waals surface area contributed by atoms with Crippen LogP contribution in [-0.4, -0.2) is 13.1 Å². The highest BCUT2D eigenvalue weighted by atomic mass is 35.5. The summed E-state index contributed by atoms with van der Waals surface area (Å²) in [5.74, 6) is -0.343. The van der Waals surface area contributed by atoms with Gasteiger partial charge in [-0.3, -0.25) is 4.79 Å². The van der Waals surface area contributed by atoms with E-state index in [-0.39, 0.29) is 12.4 Å². The molecule has 0 heterocycles. The van der Waals surface area contributed by atoms with Crippen LogP contribution in [0.3, 0.4) is 0 Å². The summed E-state index contributed by atoms with van der Waals surface area (Å²) in [5, 5.41) is 9.49. The molecule has 0 atom stereocenters. The van der Waals surface area contributed by atoms with Gasteiger partial charge in [0.25, 0.3) is 0 Å². The molecule has 1 rings (SSSR count). The summed E-state index contributed by atoms with van der Waals surface area (Å²) < 4.78 is 4.56. The summed E-state index contributed by atoms with van der Waals surface area (Å²) in [6.45, 7) is 1.93. The van der Waals surface area contributed by atoms with E-state index in [1.807, 2.05) is 6.92 Å². The summed E-state index contributed by atoms with van der Waals surface area (Å²) in [6.07, 6.45) is 0.828. The molecule has 84 valence electrons. The third kappa shape index (κ3) is 2.74. The predicted octanol–water partition coefficient (Wildman–Crippen LogP) is 2.49. The molecule has 0 saturated carbocycles. The van der Waals surface area contributed by atoms with Crippen LogP contribution >= 0.6 is 11.6 Å². The Balaban J connectivity index is 3.12. The van der Waals surface area contributed by atoms with Gasteiger partial charge >= 0.3 is 5.97 Å². The molecule has 0 bridgehead atoms. The maximum Gasteiger partial charge on any atom is 0.309 e. The highest BCUT2D eigenvalue weighted by Crippen LogP contribution is 2.23. The topological polar surface area (TPSA) is 50.1 Å². The van der Waals surface area contributed by atoms with Crippen LogP contribution in [0.5, 0.6) is 0 Å². The molecule has 3 nitrogen and oxygen atoms in total. The number of ether oxygens (including phenoxy) is 1. The van der Waals surface area contributed by atoms with Crippen LogP contribution in [-0.2, 0) is 22.4 Å². The monoisotopic (exact) mass is 237 g/mol. The van der Waals surface area contributed by atoms with Gasteiger partial charge < -0.3 is 4.74 Å². The third-order valence-electron chi connectivity index (χ3n) is 2.31. The van der Waals surface area contributed by atoms with E-state index in [1.165, 1.54) is 7.11 Å². The van der Waals surface area contributed by atoms with Gasteiger partial charge in [0.05, 0.1) is 25.2 Å². The van der Waals surface area contributed by atoms with E-state index in [9.17, 15) is 4.79 Å². The minimum Gasteiger partial charge on any atom is -0.469 e. The van der Waals surface area contributed by atoms with Gasteiger partial charge in [-0.05, 0) is 29.7 Å². The minimum atomic E-state index is -0.343. The molecule has 16 heavy (non-hydrogen) atoms. The lowest BCUT2D eigenvalue weighted by atomic mass is 10.0. The zero-order chi connectivity index (χ0) is 12.1. The van der Waals surface area contributed by atoms with Crippen molar-refractivity contribution in [3.05, 3.63) is 33.8 Å². The Bertz CT molecular complexity index is 449. The number of esters is 1. The van der Waals surface area contributed by atoms with E-state index >= 15 is 0 Å². The number of rotatable bonds is 3. The van der Waals surface area contributed by atoms with Crippen LogP contribution in [0.15, 0.2) is 12.1 Å². The maximum atomic E-state index is 11.1. The molecule has 1 aromatic carbocycles. The van der Waals surface area contributed by atoms with Crippen LogP contribution in [0.25, 0.3) is 0 Å². The standard InChI is InChI=1S/C12H12ClNO2/c1-3-10-9(7-14)4-8(5-11(10)13)6-12(15)16-2/h4-5H,3,6H2,1-2H3. The molecule has 0 N–H and O–H groups in total. The lowest BCUT2D eigenvalue weighted by Gasteiger charge is -2.07. The Morgan fingerprint density at radius 1 is 1.56 bits per heavy atom. The molecule has 0 spiro atoms. The van der Waals surface area contributed by atoms with Gasteiger partial charge in [0.2, 0.25) is 0 Å². The van der Waals surface area contributed by atoms with E-state index in [0.717, 1.165) is 5.56 Å². The maximum absolute atomic E-state index is 11.1. The number of halogens is 1. The Labute approximate surface area is 99.6 Å². The lowest BCUT2D eigenvalue weighted by molar-refractivity contribution is -0.139. The van der Waals surface area contributed by atoms with E-state index < -0.39 is 0 Å². The van der Waals surface area contributed by atoms with Crippen molar-refractivity contribution in [2.45, 2.75) is 19.8 Å². The van der Waals surface area contributed by atoms with Gasteiger partial charge in [0.1, 0.15) is 0 Å². The van der Waals surface area contributed by atoms with Crippen molar-refractivity contribution in [1.82, 2.24) is 0 Å². The number of carbonyl (C=O) groups excluding carboxylic acids is 1. The molecule has 0 amide bonds. The van der Waals surface area contributed by atoms with E-state index in [0.29, 0.717) is 22.6 Å². The number of nitrogens with zero attached hydrogens (tertiary/aromatic N) is 1. The van der Waals surface area contributed by atoms with Crippen LogP contribution in [0.1, 0.15) is 23.6 Å².